The number of nitrogens with zero attached hydrogens (tertiary/aromatic N) is 3. The minimum Gasteiger partial charge on any atom is -0.271 e. The predicted octanol–water partition coefficient (Wildman–Crippen LogP) is 2.09. The van der Waals surface area contributed by atoms with Crippen LogP contribution in [-0.4, -0.2) is 14.8 Å². The minimum atomic E-state index is -0.0280. The number of aromatic nitrogens is 3. The molecule has 0 bridgehead atoms. The van der Waals surface area contributed by atoms with Crippen LogP contribution in [-0.2, 0) is 13.5 Å². The summed E-state index contributed by atoms with van der Waals surface area (Å²) in [5.41, 5.74) is 3.90. The molecule has 1 unspecified atom stereocenters. The Morgan fingerprint density at radius 1 is 1.44 bits per heavy atom. The lowest BCUT2D eigenvalue weighted by molar-refractivity contribution is 0.521. The molecule has 96 valence electrons. The zero-order chi connectivity index (χ0) is 13.1. The summed E-state index contributed by atoms with van der Waals surface area (Å²) in [6.07, 6.45) is 2.21. The number of hydrogen-bond donors (Lipinski definition) is 2. The highest BCUT2D eigenvalue weighted by molar-refractivity contribution is 9.11. The molecule has 0 spiro atoms. The second kappa shape index (κ2) is 5.92. The van der Waals surface area contributed by atoms with Crippen molar-refractivity contribution in [3.63, 3.8) is 0 Å². The zero-order valence-corrected chi connectivity index (χ0v) is 12.9. The first-order chi connectivity index (χ1) is 8.61. The molecule has 2 rings (SSSR count). The Balaban J connectivity index is 2.28. The molecule has 18 heavy (non-hydrogen) atoms. The third kappa shape index (κ3) is 2.97. The first-order valence-corrected chi connectivity index (χ1v) is 6.94. The van der Waals surface area contributed by atoms with Gasteiger partial charge in [0, 0.05) is 22.4 Å². The number of halogens is 2. The third-order valence-electron chi connectivity index (χ3n) is 2.73. The number of aryl methyl sites for hydroxylation is 1. The lowest BCUT2D eigenvalue weighted by atomic mass is 10.0. The lowest BCUT2D eigenvalue weighted by Crippen LogP contribution is -2.30. The van der Waals surface area contributed by atoms with Crippen LogP contribution in [0.5, 0.6) is 0 Å². The molecule has 0 aliphatic rings. The lowest BCUT2D eigenvalue weighted by Gasteiger charge is -2.17. The molecule has 0 fully saturated rings. The highest BCUT2D eigenvalue weighted by atomic mass is 79.9. The van der Waals surface area contributed by atoms with E-state index < -0.39 is 0 Å². The van der Waals surface area contributed by atoms with Crippen molar-refractivity contribution < 1.29 is 0 Å². The quantitative estimate of drug-likeness (QED) is 0.635. The molecule has 7 heteroatoms. The van der Waals surface area contributed by atoms with Crippen molar-refractivity contribution in [3.8, 4) is 0 Å². The van der Waals surface area contributed by atoms with Crippen LogP contribution in [0.2, 0.25) is 0 Å². The number of hydrogen-bond acceptors (Lipinski definition) is 4. The Bertz CT molecular complexity index is 540. The van der Waals surface area contributed by atoms with E-state index in [0.29, 0.717) is 6.42 Å². The summed E-state index contributed by atoms with van der Waals surface area (Å²) >= 11 is 7.00. The predicted molar refractivity (Wildman–Crippen MR) is 76.6 cm³/mol. The molecule has 1 atom stereocenters. The van der Waals surface area contributed by atoms with Crippen molar-refractivity contribution in [1.29, 1.82) is 0 Å². The van der Waals surface area contributed by atoms with E-state index in [4.69, 9.17) is 5.84 Å². The van der Waals surface area contributed by atoms with Crippen molar-refractivity contribution in [2.45, 2.75) is 12.5 Å². The maximum atomic E-state index is 5.65. The minimum absolute atomic E-state index is 0.0280. The second-order valence-corrected chi connectivity index (χ2v) is 5.66. The molecule has 0 aliphatic heterocycles. The molecule has 0 amide bonds. The fourth-order valence-corrected chi connectivity index (χ4v) is 2.63. The van der Waals surface area contributed by atoms with Crippen LogP contribution in [0.3, 0.4) is 0 Å². The van der Waals surface area contributed by atoms with E-state index >= 15 is 0 Å². The summed E-state index contributed by atoms with van der Waals surface area (Å²) in [5, 5.41) is 4.05. The van der Waals surface area contributed by atoms with E-state index in [9.17, 15) is 0 Å². The number of benzene rings is 1. The van der Waals surface area contributed by atoms with Crippen LogP contribution in [0.1, 0.15) is 17.4 Å². The molecule has 1 heterocycles. The molecule has 1 aromatic carbocycles. The van der Waals surface area contributed by atoms with Crippen molar-refractivity contribution in [2.24, 2.45) is 12.9 Å². The number of hydrazine groups is 1. The van der Waals surface area contributed by atoms with Gasteiger partial charge in [0.1, 0.15) is 12.2 Å². The van der Waals surface area contributed by atoms with E-state index in [1.165, 1.54) is 0 Å². The first-order valence-electron chi connectivity index (χ1n) is 5.35. The Kier molecular flexibility index (Phi) is 4.50. The molecular formula is C11H13Br2N5. The van der Waals surface area contributed by atoms with Gasteiger partial charge < -0.3 is 0 Å². The summed E-state index contributed by atoms with van der Waals surface area (Å²) < 4.78 is 3.77. The molecule has 0 aliphatic carbocycles. The molecular weight excluding hydrogens is 362 g/mol. The van der Waals surface area contributed by atoms with E-state index in [0.717, 1.165) is 20.3 Å². The average Bonchev–Trinajstić information content (AvgIpc) is 2.75. The monoisotopic (exact) mass is 373 g/mol. The van der Waals surface area contributed by atoms with Crippen molar-refractivity contribution >= 4 is 31.9 Å². The average molecular weight is 375 g/mol. The van der Waals surface area contributed by atoms with Gasteiger partial charge in [-0.25, -0.2) is 4.98 Å². The third-order valence-corrected chi connectivity index (χ3v) is 3.94. The summed E-state index contributed by atoms with van der Waals surface area (Å²) in [4.78, 5) is 4.21. The van der Waals surface area contributed by atoms with Gasteiger partial charge in [-0.2, -0.15) is 5.10 Å². The summed E-state index contributed by atoms with van der Waals surface area (Å²) in [6, 6.07) is 5.97. The van der Waals surface area contributed by atoms with Crippen LogP contribution in [0.4, 0.5) is 0 Å². The molecule has 0 saturated carbocycles. The smallest absolute Gasteiger partial charge is 0.138 e. The second-order valence-electron chi connectivity index (χ2n) is 3.89. The maximum absolute atomic E-state index is 5.65. The van der Waals surface area contributed by atoms with Gasteiger partial charge in [-0.1, -0.05) is 31.9 Å². The van der Waals surface area contributed by atoms with Crippen molar-refractivity contribution in [2.75, 3.05) is 0 Å². The van der Waals surface area contributed by atoms with Gasteiger partial charge in [-0.15, -0.1) is 0 Å². The van der Waals surface area contributed by atoms with E-state index in [1.54, 1.807) is 11.0 Å². The Morgan fingerprint density at radius 2 is 2.22 bits per heavy atom. The summed E-state index contributed by atoms with van der Waals surface area (Å²) in [6.45, 7) is 0. The van der Waals surface area contributed by atoms with E-state index in [-0.39, 0.29) is 6.04 Å². The molecule has 5 nitrogen and oxygen atoms in total. The molecule has 0 saturated heterocycles. The van der Waals surface area contributed by atoms with Crippen molar-refractivity contribution in [3.05, 3.63) is 44.9 Å². The van der Waals surface area contributed by atoms with Crippen molar-refractivity contribution in [1.82, 2.24) is 20.2 Å². The fourth-order valence-electron chi connectivity index (χ4n) is 1.73. The summed E-state index contributed by atoms with van der Waals surface area (Å²) in [7, 11) is 1.87. The highest BCUT2D eigenvalue weighted by Crippen LogP contribution is 2.28. The van der Waals surface area contributed by atoms with Crippen LogP contribution in [0, 0.1) is 0 Å². The van der Waals surface area contributed by atoms with Gasteiger partial charge >= 0.3 is 0 Å². The number of rotatable bonds is 4. The Morgan fingerprint density at radius 3 is 2.83 bits per heavy atom. The van der Waals surface area contributed by atoms with Gasteiger partial charge in [0.15, 0.2) is 0 Å². The van der Waals surface area contributed by atoms with Crippen LogP contribution >= 0.6 is 31.9 Å². The molecule has 1 aromatic heterocycles. The Labute approximate surface area is 122 Å². The number of nitrogens with two attached hydrogens (primary N) is 1. The molecule has 0 radical (unpaired) electrons. The standard InChI is InChI=1S/C11H13Br2N5/c1-18-11(15-6-16-18)5-10(17-14)8-4-7(12)2-3-9(8)13/h2-4,6,10,17H,5,14H2,1H3. The van der Waals surface area contributed by atoms with Gasteiger partial charge in [0.05, 0.1) is 6.04 Å². The van der Waals surface area contributed by atoms with Gasteiger partial charge in [-0.05, 0) is 23.8 Å². The van der Waals surface area contributed by atoms with E-state index in [2.05, 4.69) is 47.4 Å². The normalized spacial score (nSPS) is 12.7. The van der Waals surface area contributed by atoms with Crippen LogP contribution in [0.15, 0.2) is 33.5 Å². The summed E-state index contributed by atoms with van der Waals surface area (Å²) in [5.74, 6) is 6.53. The topological polar surface area (TPSA) is 68.8 Å². The zero-order valence-electron chi connectivity index (χ0n) is 9.77. The SMILES string of the molecule is Cn1ncnc1CC(NN)c1cc(Br)ccc1Br. The van der Waals surface area contributed by atoms with E-state index in [1.807, 2.05) is 25.2 Å². The van der Waals surface area contributed by atoms with Gasteiger partial charge in [0.2, 0.25) is 0 Å². The highest BCUT2D eigenvalue weighted by Gasteiger charge is 2.16. The number of nitrogens with one attached hydrogen (secondary N) is 1. The van der Waals surface area contributed by atoms with Gasteiger partial charge in [-0.3, -0.25) is 16.0 Å². The van der Waals surface area contributed by atoms with Crippen LogP contribution < -0.4 is 11.3 Å². The molecule has 2 aromatic rings. The Hall–Kier alpha value is -0.760. The maximum Gasteiger partial charge on any atom is 0.138 e. The van der Waals surface area contributed by atoms with Crippen LogP contribution in [0.25, 0.3) is 0 Å². The first kappa shape index (κ1) is 13.7. The van der Waals surface area contributed by atoms with Gasteiger partial charge in [0.25, 0.3) is 0 Å². The largest absolute Gasteiger partial charge is 0.271 e. The fraction of sp³-hybridized carbons (Fsp3) is 0.273. The molecule has 3 N–H and O–H groups in total.